The van der Waals surface area contributed by atoms with Crippen LogP contribution in [0, 0.1) is 0 Å². The van der Waals surface area contributed by atoms with E-state index in [0.29, 0.717) is 29.3 Å². The number of carbonyl (C=O) groups excluding carboxylic acids is 3. The summed E-state index contributed by atoms with van der Waals surface area (Å²) in [4.78, 5) is 36.0. The van der Waals surface area contributed by atoms with Crippen molar-refractivity contribution in [3.8, 4) is 5.75 Å². The molecule has 8 nitrogen and oxygen atoms in total. The predicted octanol–water partition coefficient (Wildman–Crippen LogP) is 3.00. The van der Waals surface area contributed by atoms with Crippen molar-refractivity contribution in [1.82, 2.24) is 20.4 Å². The molecule has 32 heavy (non-hydrogen) atoms. The van der Waals surface area contributed by atoms with Gasteiger partial charge < -0.3 is 10.1 Å². The molecule has 0 radical (unpaired) electrons. The zero-order valence-electron chi connectivity index (χ0n) is 17.7. The van der Waals surface area contributed by atoms with Crippen LogP contribution in [0.1, 0.15) is 43.0 Å². The smallest absolute Gasteiger partial charge is 0.258 e. The average Bonchev–Trinajstić information content (AvgIpc) is 3.08. The molecule has 2 atom stereocenters. The van der Waals surface area contributed by atoms with E-state index in [-0.39, 0.29) is 30.4 Å². The minimum absolute atomic E-state index is 0.138. The first-order chi connectivity index (χ1) is 15.3. The third kappa shape index (κ3) is 4.60. The fourth-order valence-electron chi connectivity index (χ4n) is 3.83. The Morgan fingerprint density at radius 3 is 2.75 bits per heavy atom. The van der Waals surface area contributed by atoms with Gasteiger partial charge in [-0.1, -0.05) is 23.7 Å². The minimum Gasteiger partial charge on any atom is -0.484 e. The standard InChI is InChI=1S/C23H23ClN4O4/c1-13(14-3-5-15(24)6-4-14)25-21(30)12-32-16-7-8-17-19(11-16)28(2)27-22(17)18-9-10-20(29)26-23(18)31/h3-8,11,13,18H,9-10,12H2,1-2H3,(H,25,30)(H,26,29,31)/t13-,18?/m0/s1. The van der Waals surface area contributed by atoms with Crippen molar-refractivity contribution in [2.45, 2.75) is 31.7 Å². The lowest BCUT2D eigenvalue weighted by atomic mass is 9.93. The van der Waals surface area contributed by atoms with Crippen LogP contribution in [0.5, 0.6) is 5.75 Å². The van der Waals surface area contributed by atoms with Gasteiger partial charge in [-0.25, -0.2) is 0 Å². The van der Waals surface area contributed by atoms with Crippen LogP contribution in [0.3, 0.4) is 0 Å². The molecule has 1 unspecified atom stereocenters. The number of carbonyl (C=O) groups is 3. The second-order valence-corrected chi connectivity index (χ2v) is 8.26. The lowest BCUT2D eigenvalue weighted by Crippen LogP contribution is -2.39. The summed E-state index contributed by atoms with van der Waals surface area (Å²) < 4.78 is 7.35. The van der Waals surface area contributed by atoms with Crippen LogP contribution in [-0.2, 0) is 21.4 Å². The third-order valence-corrected chi connectivity index (χ3v) is 5.79. The highest BCUT2D eigenvalue weighted by Crippen LogP contribution is 2.31. The molecule has 0 spiro atoms. The molecule has 2 heterocycles. The molecule has 0 aliphatic carbocycles. The van der Waals surface area contributed by atoms with Crippen LogP contribution in [0.15, 0.2) is 42.5 Å². The summed E-state index contributed by atoms with van der Waals surface area (Å²) >= 11 is 5.90. The Kier molecular flexibility index (Phi) is 6.14. The van der Waals surface area contributed by atoms with E-state index in [0.717, 1.165) is 16.5 Å². The zero-order chi connectivity index (χ0) is 22.8. The quantitative estimate of drug-likeness (QED) is 0.557. The molecule has 1 aromatic heterocycles. The van der Waals surface area contributed by atoms with E-state index >= 15 is 0 Å². The van der Waals surface area contributed by atoms with Crippen molar-refractivity contribution in [2.75, 3.05) is 6.61 Å². The van der Waals surface area contributed by atoms with Crippen LogP contribution in [0.25, 0.3) is 10.9 Å². The Hall–Kier alpha value is -3.39. The van der Waals surface area contributed by atoms with Gasteiger partial charge >= 0.3 is 0 Å². The second kappa shape index (κ2) is 9.00. The highest BCUT2D eigenvalue weighted by atomic mass is 35.5. The number of aromatic nitrogens is 2. The normalized spacial score (nSPS) is 17.2. The summed E-state index contributed by atoms with van der Waals surface area (Å²) in [5.41, 5.74) is 2.35. The summed E-state index contributed by atoms with van der Waals surface area (Å²) in [5, 5.41) is 11.2. The van der Waals surface area contributed by atoms with E-state index in [1.54, 1.807) is 36.0 Å². The number of nitrogens with zero attached hydrogens (tertiary/aromatic N) is 2. The largest absolute Gasteiger partial charge is 0.484 e. The van der Waals surface area contributed by atoms with Crippen LogP contribution in [-0.4, -0.2) is 34.1 Å². The van der Waals surface area contributed by atoms with Gasteiger partial charge in [-0.2, -0.15) is 5.10 Å². The number of benzene rings is 2. The van der Waals surface area contributed by atoms with Crippen molar-refractivity contribution in [2.24, 2.45) is 7.05 Å². The molecule has 1 saturated heterocycles. The lowest BCUT2D eigenvalue weighted by Gasteiger charge is -2.19. The van der Waals surface area contributed by atoms with Crippen molar-refractivity contribution in [1.29, 1.82) is 0 Å². The monoisotopic (exact) mass is 454 g/mol. The van der Waals surface area contributed by atoms with Gasteiger partial charge in [-0.05, 0) is 43.2 Å². The molecule has 1 aliphatic rings. The predicted molar refractivity (Wildman–Crippen MR) is 119 cm³/mol. The van der Waals surface area contributed by atoms with E-state index < -0.39 is 5.92 Å². The summed E-state index contributed by atoms with van der Waals surface area (Å²) in [6, 6.07) is 12.5. The van der Waals surface area contributed by atoms with Gasteiger partial charge in [0.1, 0.15) is 5.75 Å². The molecule has 9 heteroatoms. The topological polar surface area (TPSA) is 102 Å². The molecule has 4 rings (SSSR count). The molecular weight excluding hydrogens is 432 g/mol. The second-order valence-electron chi connectivity index (χ2n) is 7.82. The van der Waals surface area contributed by atoms with E-state index in [2.05, 4.69) is 15.7 Å². The van der Waals surface area contributed by atoms with Gasteiger partial charge in [0.15, 0.2) is 6.61 Å². The number of ether oxygens (including phenoxy) is 1. The van der Waals surface area contributed by atoms with E-state index in [1.807, 2.05) is 25.1 Å². The number of imide groups is 1. The van der Waals surface area contributed by atoms with Gasteiger partial charge in [0, 0.05) is 29.9 Å². The number of halogens is 1. The Morgan fingerprint density at radius 2 is 2.03 bits per heavy atom. The number of amides is 3. The first-order valence-electron chi connectivity index (χ1n) is 10.3. The Morgan fingerprint density at radius 1 is 1.28 bits per heavy atom. The fraction of sp³-hybridized carbons (Fsp3) is 0.304. The van der Waals surface area contributed by atoms with Gasteiger partial charge in [-0.15, -0.1) is 0 Å². The molecule has 2 N–H and O–H groups in total. The third-order valence-electron chi connectivity index (χ3n) is 5.54. The molecule has 0 bridgehead atoms. The van der Waals surface area contributed by atoms with Crippen LogP contribution < -0.4 is 15.4 Å². The summed E-state index contributed by atoms with van der Waals surface area (Å²) in [5.74, 6) is -0.784. The first-order valence-corrected chi connectivity index (χ1v) is 10.7. The number of aryl methyl sites for hydroxylation is 1. The molecule has 1 fully saturated rings. The SMILES string of the molecule is C[C@H](NC(=O)COc1ccc2c(C3CCC(=O)NC3=O)nn(C)c2c1)c1ccc(Cl)cc1. The summed E-state index contributed by atoms with van der Waals surface area (Å²) in [7, 11) is 1.78. The molecule has 2 aromatic carbocycles. The van der Waals surface area contributed by atoms with Gasteiger partial charge in [-0.3, -0.25) is 24.4 Å². The molecule has 0 saturated carbocycles. The number of fused-ring (bicyclic) bond motifs is 1. The molecular formula is C23H23ClN4O4. The van der Waals surface area contributed by atoms with Crippen LogP contribution in [0.4, 0.5) is 0 Å². The number of piperidine rings is 1. The maximum Gasteiger partial charge on any atom is 0.258 e. The molecule has 166 valence electrons. The van der Waals surface area contributed by atoms with Crippen LogP contribution in [0.2, 0.25) is 5.02 Å². The number of rotatable bonds is 6. The fourth-order valence-corrected chi connectivity index (χ4v) is 3.96. The molecule has 3 amide bonds. The van der Waals surface area contributed by atoms with E-state index in [9.17, 15) is 14.4 Å². The summed E-state index contributed by atoms with van der Waals surface area (Å²) in [6.07, 6.45) is 0.722. The number of hydrogen-bond acceptors (Lipinski definition) is 5. The van der Waals surface area contributed by atoms with Crippen molar-refractivity contribution in [3.63, 3.8) is 0 Å². The highest BCUT2D eigenvalue weighted by Gasteiger charge is 2.31. The van der Waals surface area contributed by atoms with Gasteiger partial charge in [0.25, 0.3) is 5.91 Å². The number of hydrogen-bond donors (Lipinski definition) is 2. The Balaban J connectivity index is 1.42. The van der Waals surface area contributed by atoms with Crippen molar-refractivity contribution < 1.29 is 19.1 Å². The van der Waals surface area contributed by atoms with E-state index in [4.69, 9.17) is 16.3 Å². The average molecular weight is 455 g/mol. The van der Waals surface area contributed by atoms with Crippen molar-refractivity contribution in [3.05, 3.63) is 58.7 Å². The zero-order valence-corrected chi connectivity index (χ0v) is 18.5. The minimum atomic E-state index is -0.469. The highest BCUT2D eigenvalue weighted by molar-refractivity contribution is 6.30. The first kappa shape index (κ1) is 21.8. The maximum absolute atomic E-state index is 12.3. The maximum atomic E-state index is 12.3. The summed E-state index contributed by atoms with van der Waals surface area (Å²) in [6.45, 7) is 1.75. The lowest BCUT2D eigenvalue weighted by molar-refractivity contribution is -0.134. The van der Waals surface area contributed by atoms with E-state index in [1.165, 1.54) is 0 Å². The Bertz CT molecular complexity index is 1190. The van der Waals surface area contributed by atoms with Crippen molar-refractivity contribution >= 4 is 40.2 Å². The van der Waals surface area contributed by atoms with Gasteiger partial charge in [0.05, 0.1) is 23.2 Å². The van der Waals surface area contributed by atoms with Gasteiger partial charge in [0.2, 0.25) is 11.8 Å². The number of nitrogens with one attached hydrogen (secondary N) is 2. The Labute approximate surface area is 189 Å². The molecule has 3 aromatic rings. The molecule has 1 aliphatic heterocycles. The van der Waals surface area contributed by atoms with Crippen LogP contribution >= 0.6 is 11.6 Å².